The zero-order chi connectivity index (χ0) is 20.2. The van der Waals surface area contributed by atoms with Gasteiger partial charge < -0.3 is 24.8 Å². The third-order valence-corrected chi connectivity index (χ3v) is 12.9. The molecular weight excluding hydrogens is 498 g/mol. The maximum absolute atomic E-state index is 2.68. The first-order valence-electron chi connectivity index (χ1n) is 12.7. The molecule has 0 aromatic heterocycles. The van der Waals surface area contributed by atoms with E-state index in [1.807, 2.05) is 11.1 Å². The molecule has 0 aromatic rings. The Labute approximate surface area is 216 Å². The molecule has 0 bridgehead atoms. The van der Waals surface area contributed by atoms with E-state index in [1.54, 1.807) is 11.1 Å². The predicted octanol–water partition coefficient (Wildman–Crippen LogP) is 3.44. The molecule has 0 heterocycles. The van der Waals surface area contributed by atoms with Crippen LogP contribution in [0.2, 0.25) is 6.25 Å². The second-order valence-electron chi connectivity index (χ2n) is 10.4. The number of hydrogen-bond donors (Lipinski definition) is 0. The van der Waals surface area contributed by atoms with E-state index < -0.39 is 23.2 Å². The van der Waals surface area contributed by atoms with Crippen molar-refractivity contribution < 1.29 is 48.0 Å². The van der Waals surface area contributed by atoms with Crippen molar-refractivity contribution in [1.29, 1.82) is 0 Å². The molecule has 4 rings (SSSR count). The van der Waals surface area contributed by atoms with E-state index in [2.05, 4.69) is 38.2 Å². The second-order valence-corrected chi connectivity index (χ2v) is 16.2. The van der Waals surface area contributed by atoms with Crippen LogP contribution in [-0.4, -0.2) is 0 Å². The van der Waals surface area contributed by atoms with Crippen LogP contribution in [0.4, 0.5) is 0 Å². The van der Waals surface area contributed by atoms with Crippen LogP contribution >= 0.6 is 0 Å². The topological polar surface area (TPSA) is 0 Å². The summed E-state index contributed by atoms with van der Waals surface area (Å²) in [5, 5.41) is 0. The Balaban J connectivity index is 0.00000171. The van der Waals surface area contributed by atoms with Crippen molar-refractivity contribution in [3.63, 3.8) is 0 Å². The summed E-state index contributed by atoms with van der Waals surface area (Å²) in [6, 6.07) is 0. The van der Waals surface area contributed by atoms with Crippen LogP contribution in [0, 0.1) is 0 Å². The quantitative estimate of drug-likeness (QED) is 0.504. The van der Waals surface area contributed by atoms with Gasteiger partial charge in [-0.2, -0.15) is 0 Å². The van der Waals surface area contributed by atoms with Gasteiger partial charge in [-0.25, -0.2) is 0 Å². The van der Waals surface area contributed by atoms with Gasteiger partial charge in [-0.3, -0.25) is 0 Å². The molecular formula is C28H42Cl2Zr. The van der Waals surface area contributed by atoms with Gasteiger partial charge in [-0.1, -0.05) is 0 Å². The molecule has 0 radical (unpaired) electrons. The molecule has 31 heavy (non-hydrogen) atoms. The van der Waals surface area contributed by atoms with Gasteiger partial charge in [0.1, 0.15) is 0 Å². The van der Waals surface area contributed by atoms with Crippen LogP contribution in [0.3, 0.4) is 0 Å². The van der Waals surface area contributed by atoms with Crippen molar-refractivity contribution >= 4 is 0 Å². The average Bonchev–Trinajstić information content (AvgIpc) is 3.19. The zero-order valence-corrected chi connectivity index (χ0v) is 23.8. The summed E-state index contributed by atoms with van der Waals surface area (Å²) in [4.78, 5) is 0. The molecule has 2 atom stereocenters. The van der Waals surface area contributed by atoms with Gasteiger partial charge in [-0.05, 0) is 0 Å². The zero-order valence-electron chi connectivity index (χ0n) is 19.9. The first-order chi connectivity index (χ1) is 14.1. The van der Waals surface area contributed by atoms with Gasteiger partial charge >= 0.3 is 193 Å². The number of hydrogen-bond acceptors (Lipinski definition) is 0. The molecule has 0 saturated carbocycles. The van der Waals surface area contributed by atoms with Crippen molar-refractivity contribution in [2.45, 2.75) is 123 Å². The average molecular weight is 541 g/mol. The first-order valence-corrected chi connectivity index (χ1v) is 15.2. The Hall–Kier alpha value is 0.423. The van der Waals surface area contributed by atoms with E-state index >= 15 is 0 Å². The standard InChI is InChI=1S/2C14H21.2ClH.Zr/c2*1-12-10-11-13-8-6-4-2-3-5-7-9-14(12)13;;;/h2*10-11H,2-9H2,1H3;2*1H;/q;;;;+2/p-2. The van der Waals surface area contributed by atoms with E-state index in [9.17, 15) is 0 Å². The molecule has 0 aliphatic heterocycles. The number of allylic oxidation sites excluding steroid dienone is 8. The summed E-state index contributed by atoms with van der Waals surface area (Å²) in [5.41, 5.74) is 7.27. The van der Waals surface area contributed by atoms with E-state index in [1.165, 1.54) is 103 Å². The summed E-state index contributed by atoms with van der Waals surface area (Å²) >= 11 is -0.707. The summed E-state index contributed by atoms with van der Waals surface area (Å²) in [7, 11) is 0. The van der Waals surface area contributed by atoms with E-state index in [0.29, 0.717) is 6.25 Å². The number of halogens is 2. The van der Waals surface area contributed by atoms with E-state index in [4.69, 9.17) is 0 Å². The molecule has 0 spiro atoms. The van der Waals surface area contributed by atoms with Gasteiger partial charge in [0, 0.05) is 0 Å². The Morgan fingerprint density at radius 2 is 0.839 bits per heavy atom. The SMILES string of the molecule is C[C]1([Zr+2][C]2(C)C=CC3=C2CCCCCCCC3)C=CC2=C1CCCCCCCC2.[Cl-].[Cl-]. The van der Waals surface area contributed by atoms with Crippen molar-refractivity contribution in [2.24, 2.45) is 0 Å². The summed E-state index contributed by atoms with van der Waals surface area (Å²) in [5.74, 6) is 0. The molecule has 2 unspecified atom stereocenters. The van der Waals surface area contributed by atoms with Crippen LogP contribution in [0.15, 0.2) is 46.6 Å². The third kappa shape index (κ3) is 6.73. The Kier molecular flexibility index (Phi) is 11.4. The molecule has 172 valence electrons. The van der Waals surface area contributed by atoms with Crippen molar-refractivity contribution in [2.75, 3.05) is 0 Å². The Bertz CT molecular complexity index is 657. The predicted molar refractivity (Wildman–Crippen MR) is 123 cm³/mol. The maximum atomic E-state index is 2.68. The normalized spacial score (nSPS) is 31.8. The molecule has 0 nitrogen and oxygen atoms in total. The summed E-state index contributed by atoms with van der Waals surface area (Å²) in [6.07, 6.45) is 33.3. The van der Waals surface area contributed by atoms with E-state index in [0.717, 1.165) is 0 Å². The molecule has 4 aliphatic rings. The van der Waals surface area contributed by atoms with Crippen LogP contribution in [-0.2, 0) is 23.2 Å². The van der Waals surface area contributed by atoms with Crippen LogP contribution in [0.25, 0.3) is 0 Å². The molecule has 4 aliphatic carbocycles. The molecule has 0 fully saturated rings. The molecule has 0 saturated heterocycles. The fourth-order valence-electron chi connectivity index (χ4n) is 6.34. The molecule has 3 heteroatoms. The Morgan fingerprint density at radius 3 is 1.23 bits per heavy atom. The maximum Gasteiger partial charge on any atom is -1.00 e. The van der Waals surface area contributed by atoms with Gasteiger partial charge in [0.05, 0.1) is 0 Å². The van der Waals surface area contributed by atoms with Crippen molar-refractivity contribution in [1.82, 2.24) is 0 Å². The van der Waals surface area contributed by atoms with Crippen LogP contribution in [0.5, 0.6) is 0 Å². The van der Waals surface area contributed by atoms with Crippen molar-refractivity contribution in [3.8, 4) is 0 Å². The molecule has 0 amide bonds. The Morgan fingerprint density at radius 1 is 0.516 bits per heavy atom. The summed E-state index contributed by atoms with van der Waals surface area (Å²) in [6.45, 7) is 5.28. The fourth-order valence-corrected chi connectivity index (χ4v) is 12.0. The smallest absolute Gasteiger partial charge is 1.00 e. The monoisotopic (exact) mass is 538 g/mol. The van der Waals surface area contributed by atoms with Crippen LogP contribution in [0.1, 0.15) is 117 Å². The minimum Gasteiger partial charge on any atom is -1.00 e. The summed E-state index contributed by atoms with van der Waals surface area (Å²) < 4.78 is 0.878. The minimum atomic E-state index is -0.707. The van der Waals surface area contributed by atoms with Gasteiger partial charge in [0.2, 0.25) is 0 Å². The fraction of sp³-hybridized carbons (Fsp3) is 0.714. The van der Waals surface area contributed by atoms with Gasteiger partial charge in [0.25, 0.3) is 0 Å². The second kappa shape index (κ2) is 12.8. The minimum absolute atomic E-state index is 0. The molecule has 0 N–H and O–H groups in total. The van der Waals surface area contributed by atoms with Crippen molar-refractivity contribution in [3.05, 3.63) is 46.6 Å². The number of rotatable bonds is 2. The van der Waals surface area contributed by atoms with Gasteiger partial charge in [-0.15, -0.1) is 0 Å². The molecule has 0 aromatic carbocycles. The van der Waals surface area contributed by atoms with Crippen LogP contribution < -0.4 is 24.8 Å². The largest absolute Gasteiger partial charge is 1.00 e. The third-order valence-electron chi connectivity index (χ3n) is 8.03. The first kappa shape index (κ1) is 27.7. The van der Waals surface area contributed by atoms with Gasteiger partial charge in [0.15, 0.2) is 0 Å². The van der Waals surface area contributed by atoms with E-state index in [-0.39, 0.29) is 24.8 Å².